The predicted molar refractivity (Wildman–Crippen MR) is 88.6 cm³/mol. The lowest BCUT2D eigenvalue weighted by molar-refractivity contribution is 0.318. The Morgan fingerprint density at radius 1 is 0.955 bits per heavy atom. The van der Waals surface area contributed by atoms with Crippen LogP contribution >= 0.6 is 11.8 Å². The first-order valence-electron chi connectivity index (χ1n) is 7.19. The lowest BCUT2D eigenvalue weighted by atomic mass is 10.3. The van der Waals surface area contributed by atoms with Crippen LogP contribution in [-0.2, 0) is 0 Å². The molecule has 1 aromatic heterocycles. The maximum Gasteiger partial charge on any atom is 0.208 e. The summed E-state index contributed by atoms with van der Waals surface area (Å²) in [5.41, 5.74) is 1.02. The van der Waals surface area contributed by atoms with Crippen molar-refractivity contribution in [3.8, 4) is 11.4 Å². The van der Waals surface area contributed by atoms with E-state index in [4.69, 9.17) is 4.74 Å². The lowest BCUT2D eigenvalue weighted by Crippen LogP contribution is -1.98. The maximum absolute atomic E-state index is 5.66. The van der Waals surface area contributed by atoms with Crippen LogP contribution in [0.3, 0.4) is 0 Å². The standard InChI is InChI=1S/C17H17N3OS/c1-3-8-15(9-4-1)20-14-18-17(19-20)22-13-7-12-21-16-10-5-2-6-11-16/h1-6,8-11,14H,7,12-13H2. The second-order valence-electron chi connectivity index (χ2n) is 4.67. The van der Waals surface area contributed by atoms with E-state index in [9.17, 15) is 0 Å². The van der Waals surface area contributed by atoms with Crippen molar-refractivity contribution < 1.29 is 4.74 Å². The SMILES string of the molecule is c1ccc(OCCCSc2ncn(-c3ccccc3)n2)cc1. The van der Waals surface area contributed by atoms with Gasteiger partial charge in [0.05, 0.1) is 12.3 Å². The quantitative estimate of drug-likeness (QED) is 0.491. The summed E-state index contributed by atoms with van der Waals surface area (Å²) in [4.78, 5) is 4.32. The van der Waals surface area contributed by atoms with Crippen molar-refractivity contribution in [2.75, 3.05) is 12.4 Å². The molecular weight excluding hydrogens is 294 g/mol. The number of benzene rings is 2. The minimum absolute atomic E-state index is 0.705. The third-order valence-electron chi connectivity index (χ3n) is 3.02. The number of ether oxygens (including phenoxy) is 1. The van der Waals surface area contributed by atoms with Crippen LogP contribution < -0.4 is 4.74 Å². The molecule has 0 saturated heterocycles. The molecule has 0 bridgehead atoms. The average Bonchev–Trinajstić information content (AvgIpc) is 3.05. The van der Waals surface area contributed by atoms with Gasteiger partial charge in [-0.15, -0.1) is 5.10 Å². The van der Waals surface area contributed by atoms with Crippen LogP contribution in [0.25, 0.3) is 5.69 Å². The summed E-state index contributed by atoms with van der Waals surface area (Å²) in [6.07, 6.45) is 2.71. The summed E-state index contributed by atoms with van der Waals surface area (Å²) in [5, 5.41) is 5.26. The van der Waals surface area contributed by atoms with E-state index in [1.54, 1.807) is 22.8 Å². The van der Waals surface area contributed by atoms with E-state index in [0.29, 0.717) is 6.61 Å². The minimum Gasteiger partial charge on any atom is -0.494 e. The number of para-hydroxylation sites is 2. The van der Waals surface area contributed by atoms with Crippen LogP contribution in [0, 0.1) is 0 Å². The zero-order valence-electron chi connectivity index (χ0n) is 12.1. The molecule has 0 aliphatic heterocycles. The Bertz CT molecular complexity index is 685. The molecule has 112 valence electrons. The number of thioether (sulfide) groups is 1. The Morgan fingerprint density at radius 3 is 2.45 bits per heavy atom. The number of hydrogen-bond donors (Lipinski definition) is 0. The van der Waals surface area contributed by atoms with Crippen LogP contribution in [0.1, 0.15) is 6.42 Å². The van der Waals surface area contributed by atoms with Crippen LogP contribution in [0.2, 0.25) is 0 Å². The van der Waals surface area contributed by atoms with Crippen molar-refractivity contribution in [2.24, 2.45) is 0 Å². The van der Waals surface area contributed by atoms with E-state index < -0.39 is 0 Å². The third kappa shape index (κ3) is 4.11. The topological polar surface area (TPSA) is 39.9 Å². The van der Waals surface area contributed by atoms with Crippen LogP contribution in [0.5, 0.6) is 5.75 Å². The minimum atomic E-state index is 0.705. The third-order valence-corrected chi connectivity index (χ3v) is 3.96. The molecule has 0 spiro atoms. The van der Waals surface area contributed by atoms with Crippen molar-refractivity contribution in [2.45, 2.75) is 11.6 Å². The summed E-state index contributed by atoms with van der Waals surface area (Å²) >= 11 is 1.65. The van der Waals surface area contributed by atoms with Gasteiger partial charge in [0, 0.05) is 5.75 Å². The maximum atomic E-state index is 5.66. The molecular formula is C17H17N3OS. The Labute approximate surface area is 134 Å². The molecule has 4 nitrogen and oxygen atoms in total. The molecule has 0 amide bonds. The fourth-order valence-electron chi connectivity index (χ4n) is 1.95. The normalized spacial score (nSPS) is 10.5. The molecule has 0 fully saturated rings. The number of nitrogens with zero attached hydrogens (tertiary/aromatic N) is 3. The molecule has 0 N–H and O–H groups in total. The molecule has 0 radical (unpaired) electrons. The number of hydrogen-bond acceptors (Lipinski definition) is 4. The van der Waals surface area contributed by atoms with Crippen molar-refractivity contribution in [3.05, 3.63) is 67.0 Å². The van der Waals surface area contributed by atoms with Crippen molar-refractivity contribution in [3.63, 3.8) is 0 Å². The van der Waals surface area contributed by atoms with Gasteiger partial charge in [-0.2, -0.15) is 0 Å². The van der Waals surface area contributed by atoms with Crippen molar-refractivity contribution >= 4 is 11.8 Å². The predicted octanol–water partition coefficient (Wildman–Crippen LogP) is 3.83. The zero-order chi connectivity index (χ0) is 15.0. The Kier molecular flexibility index (Phi) is 5.10. The van der Waals surface area contributed by atoms with E-state index in [0.717, 1.165) is 28.8 Å². The molecule has 1 heterocycles. The molecule has 0 aliphatic carbocycles. The summed E-state index contributed by atoms with van der Waals surface area (Å²) in [6.45, 7) is 0.705. The first kappa shape index (κ1) is 14.7. The smallest absolute Gasteiger partial charge is 0.208 e. The molecule has 22 heavy (non-hydrogen) atoms. The van der Waals surface area contributed by atoms with E-state index in [2.05, 4.69) is 10.1 Å². The Morgan fingerprint density at radius 2 is 1.68 bits per heavy atom. The van der Waals surface area contributed by atoms with Gasteiger partial charge in [-0.3, -0.25) is 0 Å². The molecule has 0 saturated carbocycles. The highest BCUT2D eigenvalue weighted by Gasteiger charge is 2.03. The molecule has 2 aromatic carbocycles. The molecule has 0 atom stereocenters. The van der Waals surface area contributed by atoms with E-state index in [1.807, 2.05) is 60.7 Å². The van der Waals surface area contributed by atoms with Crippen LogP contribution in [0.15, 0.2) is 72.1 Å². The van der Waals surface area contributed by atoms with Crippen molar-refractivity contribution in [1.29, 1.82) is 0 Å². The molecule has 0 aliphatic rings. The zero-order valence-corrected chi connectivity index (χ0v) is 12.9. The highest BCUT2D eigenvalue weighted by molar-refractivity contribution is 7.99. The highest BCUT2D eigenvalue weighted by Crippen LogP contribution is 2.15. The first-order chi connectivity index (χ1) is 10.9. The van der Waals surface area contributed by atoms with Gasteiger partial charge in [-0.25, -0.2) is 9.67 Å². The first-order valence-corrected chi connectivity index (χ1v) is 8.18. The van der Waals surface area contributed by atoms with E-state index >= 15 is 0 Å². The van der Waals surface area contributed by atoms with Crippen LogP contribution in [0.4, 0.5) is 0 Å². The van der Waals surface area contributed by atoms with E-state index in [1.165, 1.54) is 0 Å². The number of aromatic nitrogens is 3. The van der Waals surface area contributed by atoms with Gasteiger partial charge in [0.2, 0.25) is 5.16 Å². The fourth-order valence-corrected chi connectivity index (χ4v) is 2.66. The number of rotatable bonds is 7. The van der Waals surface area contributed by atoms with Gasteiger partial charge < -0.3 is 4.74 Å². The van der Waals surface area contributed by atoms with E-state index in [-0.39, 0.29) is 0 Å². The monoisotopic (exact) mass is 311 g/mol. The molecule has 0 unspecified atom stereocenters. The van der Waals surface area contributed by atoms with Gasteiger partial charge in [-0.05, 0) is 30.7 Å². The van der Waals surface area contributed by atoms with Crippen molar-refractivity contribution in [1.82, 2.24) is 14.8 Å². The second-order valence-corrected chi connectivity index (χ2v) is 5.73. The van der Waals surface area contributed by atoms with Crippen LogP contribution in [-0.4, -0.2) is 27.1 Å². The molecule has 5 heteroatoms. The van der Waals surface area contributed by atoms with Gasteiger partial charge in [0.15, 0.2) is 0 Å². The van der Waals surface area contributed by atoms with Gasteiger partial charge in [-0.1, -0.05) is 48.2 Å². The summed E-state index contributed by atoms with van der Waals surface area (Å²) in [5.74, 6) is 1.85. The summed E-state index contributed by atoms with van der Waals surface area (Å²) < 4.78 is 7.45. The Hall–Kier alpha value is -2.27. The largest absolute Gasteiger partial charge is 0.494 e. The lowest BCUT2D eigenvalue weighted by Gasteiger charge is -2.04. The molecule has 3 rings (SSSR count). The fraction of sp³-hybridized carbons (Fsp3) is 0.176. The summed E-state index contributed by atoms with van der Waals surface area (Å²) in [6, 6.07) is 19.9. The summed E-state index contributed by atoms with van der Waals surface area (Å²) in [7, 11) is 0. The molecule has 3 aromatic rings. The van der Waals surface area contributed by atoms with Gasteiger partial charge in [0.1, 0.15) is 12.1 Å². The highest BCUT2D eigenvalue weighted by atomic mass is 32.2. The van der Waals surface area contributed by atoms with Gasteiger partial charge >= 0.3 is 0 Å². The average molecular weight is 311 g/mol. The second kappa shape index (κ2) is 7.66. The Balaban J connectivity index is 1.42. The van der Waals surface area contributed by atoms with Gasteiger partial charge in [0.25, 0.3) is 0 Å².